The van der Waals surface area contributed by atoms with Gasteiger partial charge in [0.1, 0.15) is 11.4 Å². The van der Waals surface area contributed by atoms with Crippen LogP contribution in [0.5, 0.6) is 0 Å². The van der Waals surface area contributed by atoms with Gasteiger partial charge in [0.25, 0.3) is 0 Å². The van der Waals surface area contributed by atoms with Crippen molar-refractivity contribution in [2.75, 3.05) is 23.3 Å². The largest absolute Gasteiger partial charge is 0.440 e. The second-order valence-corrected chi connectivity index (χ2v) is 10.7. The Balaban J connectivity index is 1.57. The zero-order valence-electron chi connectivity index (χ0n) is 21.7. The monoisotopic (exact) mass is 518 g/mol. The number of nitrogens with zero attached hydrogens (tertiary/aromatic N) is 1. The molecule has 2 heterocycles. The van der Waals surface area contributed by atoms with E-state index >= 15 is 0 Å². The summed E-state index contributed by atoms with van der Waals surface area (Å²) in [5.74, 6) is 0.905. The van der Waals surface area contributed by atoms with Crippen LogP contribution in [0, 0.1) is 25.6 Å². The first kappa shape index (κ1) is 25.3. The predicted octanol–water partition coefficient (Wildman–Crippen LogP) is 8.28. The van der Waals surface area contributed by atoms with E-state index in [0.29, 0.717) is 28.3 Å². The van der Waals surface area contributed by atoms with Gasteiger partial charge in [0.2, 0.25) is 5.88 Å². The number of rotatable bonds is 5. The lowest BCUT2D eigenvalue weighted by molar-refractivity contribution is 0.418. The van der Waals surface area contributed by atoms with Crippen molar-refractivity contribution in [3.05, 3.63) is 92.4 Å². The van der Waals surface area contributed by atoms with Crippen molar-refractivity contribution in [3.8, 4) is 11.1 Å². The van der Waals surface area contributed by atoms with Gasteiger partial charge in [0, 0.05) is 29.9 Å². The van der Waals surface area contributed by atoms with Crippen LogP contribution in [0.15, 0.2) is 63.8 Å². The highest BCUT2D eigenvalue weighted by Gasteiger charge is 2.24. The fraction of sp³-hybridized carbons (Fsp3) is 0.323. The van der Waals surface area contributed by atoms with Crippen LogP contribution >= 0.6 is 11.6 Å². The molecule has 4 nitrogen and oxygen atoms in total. The van der Waals surface area contributed by atoms with E-state index in [2.05, 4.69) is 30.1 Å². The molecule has 1 N–H and O–H groups in total. The summed E-state index contributed by atoms with van der Waals surface area (Å²) in [4.78, 5) is 15.7. The second kappa shape index (κ2) is 10.2. The highest BCUT2D eigenvalue weighted by atomic mass is 35.5. The van der Waals surface area contributed by atoms with E-state index in [1.807, 2.05) is 50.2 Å². The maximum absolute atomic E-state index is 14.2. The van der Waals surface area contributed by atoms with Crippen molar-refractivity contribution in [3.63, 3.8) is 0 Å². The van der Waals surface area contributed by atoms with E-state index in [0.717, 1.165) is 53.9 Å². The number of hydrogen-bond acceptors (Lipinski definition) is 4. The number of para-hydroxylation sites is 1. The van der Waals surface area contributed by atoms with Crippen LogP contribution in [-0.2, 0) is 0 Å². The molecule has 0 saturated carbocycles. The Morgan fingerprint density at radius 2 is 1.81 bits per heavy atom. The number of benzene rings is 3. The van der Waals surface area contributed by atoms with Gasteiger partial charge in [-0.3, -0.25) is 4.79 Å². The fourth-order valence-corrected chi connectivity index (χ4v) is 5.34. The molecule has 0 spiro atoms. The number of halogens is 2. The predicted molar refractivity (Wildman–Crippen MR) is 151 cm³/mol. The maximum atomic E-state index is 14.2. The van der Waals surface area contributed by atoms with Gasteiger partial charge in [0.05, 0.1) is 22.0 Å². The molecule has 4 aromatic rings. The van der Waals surface area contributed by atoms with Crippen molar-refractivity contribution in [2.24, 2.45) is 5.92 Å². The number of hydrogen-bond donors (Lipinski definition) is 1. The number of aryl methyl sites for hydroxylation is 1. The summed E-state index contributed by atoms with van der Waals surface area (Å²) >= 11 is 5.91. The van der Waals surface area contributed by atoms with Gasteiger partial charge < -0.3 is 14.6 Å². The molecule has 1 aliphatic heterocycles. The van der Waals surface area contributed by atoms with Crippen molar-refractivity contribution in [1.82, 2.24) is 0 Å². The van der Waals surface area contributed by atoms with Crippen LogP contribution in [-0.4, -0.2) is 13.1 Å². The molecule has 1 saturated heterocycles. The molecule has 0 radical (unpaired) electrons. The summed E-state index contributed by atoms with van der Waals surface area (Å²) in [6.45, 7) is 9.95. The normalized spacial score (nSPS) is 15.2. The highest BCUT2D eigenvalue weighted by molar-refractivity contribution is 6.30. The average molecular weight is 519 g/mol. The molecule has 3 aromatic carbocycles. The Morgan fingerprint density at radius 3 is 2.54 bits per heavy atom. The van der Waals surface area contributed by atoms with Gasteiger partial charge in [-0.2, -0.15) is 0 Å². The van der Waals surface area contributed by atoms with E-state index in [1.165, 1.54) is 6.07 Å². The summed E-state index contributed by atoms with van der Waals surface area (Å²) in [5, 5.41) is 4.28. The lowest BCUT2D eigenvalue weighted by Crippen LogP contribution is -2.34. The minimum Gasteiger partial charge on any atom is -0.440 e. The van der Waals surface area contributed by atoms with Crippen LogP contribution in [0.1, 0.15) is 49.4 Å². The van der Waals surface area contributed by atoms with Crippen molar-refractivity contribution < 1.29 is 8.81 Å². The molecule has 6 heteroatoms. The third-order valence-electron chi connectivity index (χ3n) is 7.43. The first-order valence-electron chi connectivity index (χ1n) is 12.9. The molecule has 1 atom stereocenters. The van der Waals surface area contributed by atoms with Gasteiger partial charge in [-0.15, -0.1) is 0 Å². The Hall–Kier alpha value is -3.31. The average Bonchev–Trinajstić information content (AvgIpc) is 2.88. The quantitative estimate of drug-likeness (QED) is 0.289. The molecule has 1 aliphatic rings. The molecule has 1 fully saturated rings. The molecule has 0 unspecified atom stereocenters. The topological polar surface area (TPSA) is 45.5 Å². The van der Waals surface area contributed by atoms with Gasteiger partial charge in [-0.1, -0.05) is 48.9 Å². The SMILES string of the molecule is Cc1cc([C@@H](C)Nc2ccccc2-c2ccc(Cl)c(F)c2)c2oc(N3CCC(C)CC3)c(C)c(=O)c2c1. The van der Waals surface area contributed by atoms with Gasteiger partial charge in [-0.05, 0) is 74.9 Å². The summed E-state index contributed by atoms with van der Waals surface area (Å²) in [6, 6.07) is 16.4. The first-order valence-corrected chi connectivity index (χ1v) is 13.2. The molecule has 192 valence electrons. The third-order valence-corrected chi connectivity index (χ3v) is 7.74. The first-order chi connectivity index (χ1) is 17.7. The Morgan fingerprint density at radius 1 is 1.08 bits per heavy atom. The van der Waals surface area contributed by atoms with Crippen molar-refractivity contribution >= 4 is 34.1 Å². The van der Waals surface area contributed by atoms with Crippen molar-refractivity contribution in [2.45, 2.75) is 46.6 Å². The lowest BCUT2D eigenvalue weighted by Gasteiger charge is -2.31. The maximum Gasteiger partial charge on any atom is 0.202 e. The molecular formula is C31H32ClFN2O2. The lowest BCUT2D eigenvalue weighted by atomic mass is 9.98. The Labute approximate surface area is 222 Å². The van der Waals surface area contributed by atoms with E-state index in [9.17, 15) is 9.18 Å². The van der Waals surface area contributed by atoms with Crippen molar-refractivity contribution in [1.29, 1.82) is 0 Å². The van der Waals surface area contributed by atoms with E-state index in [4.69, 9.17) is 16.0 Å². The molecule has 37 heavy (non-hydrogen) atoms. The summed E-state index contributed by atoms with van der Waals surface area (Å²) in [7, 11) is 0. The number of piperidine rings is 1. The minimum atomic E-state index is -0.455. The van der Waals surface area contributed by atoms with Crippen LogP contribution < -0.4 is 15.6 Å². The van der Waals surface area contributed by atoms with E-state index in [-0.39, 0.29) is 16.5 Å². The molecular weight excluding hydrogens is 487 g/mol. The van der Waals surface area contributed by atoms with E-state index in [1.54, 1.807) is 6.07 Å². The van der Waals surface area contributed by atoms with Gasteiger partial charge in [0.15, 0.2) is 5.43 Å². The number of fused-ring (bicyclic) bond motifs is 1. The molecule has 5 rings (SSSR count). The standard InChI is InChI=1S/C31H32ClFN2O2/c1-18-11-13-35(14-12-18)31-20(3)29(36)25-16-19(2)15-24(30(25)37-31)21(4)34-28-8-6-5-7-23(28)22-9-10-26(32)27(33)17-22/h5-10,15-18,21,34H,11-14H2,1-4H3/t21-/m1/s1. The summed E-state index contributed by atoms with van der Waals surface area (Å²) in [6.07, 6.45) is 2.17. The molecule has 0 amide bonds. The van der Waals surface area contributed by atoms with Crippen LogP contribution in [0.2, 0.25) is 5.02 Å². The van der Waals surface area contributed by atoms with Crippen LogP contribution in [0.4, 0.5) is 16.0 Å². The number of nitrogens with one attached hydrogen (secondary N) is 1. The molecule has 0 aliphatic carbocycles. The zero-order valence-corrected chi connectivity index (χ0v) is 22.5. The van der Waals surface area contributed by atoms with Crippen LogP contribution in [0.25, 0.3) is 22.1 Å². The third kappa shape index (κ3) is 4.97. The highest BCUT2D eigenvalue weighted by Crippen LogP contribution is 2.36. The van der Waals surface area contributed by atoms with Gasteiger partial charge in [-0.25, -0.2) is 4.39 Å². The summed E-state index contributed by atoms with van der Waals surface area (Å²) < 4.78 is 20.8. The van der Waals surface area contributed by atoms with E-state index < -0.39 is 5.82 Å². The zero-order chi connectivity index (χ0) is 26.3. The summed E-state index contributed by atoms with van der Waals surface area (Å²) in [5.41, 5.74) is 5.65. The Kier molecular flexibility index (Phi) is 7.00. The second-order valence-electron chi connectivity index (χ2n) is 10.3. The number of anilines is 2. The Bertz CT molecular complexity index is 1520. The fourth-order valence-electron chi connectivity index (χ4n) is 5.23. The molecule has 0 bridgehead atoms. The smallest absolute Gasteiger partial charge is 0.202 e. The van der Waals surface area contributed by atoms with Crippen LogP contribution in [0.3, 0.4) is 0 Å². The van der Waals surface area contributed by atoms with Gasteiger partial charge >= 0.3 is 0 Å². The molecule has 1 aromatic heterocycles. The minimum absolute atomic E-state index is 0.0176.